The predicted octanol–water partition coefficient (Wildman–Crippen LogP) is 2.47. The maximum absolute atomic E-state index is 3.57. The summed E-state index contributed by atoms with van der Waals surface area (Å²) in [6.07, 6.45) is 2.62. The third-order valence-electron chi connectivity index (χ3n) is 4.38. The van der Waals surface area contributed by atoms with Gasteiger partial charge in [-0.05, 0) is 44.1 Å². The lowest BCUT2D eigenvalue weighted by Gasteiger charge is -2.39. The molecule has 86 valence electrons. The number of hydrogen-bond donors (Lipinski definition) is 1. The topological polar surface area (TPSA) is 15.3 Å². The Bertz CT molecular complexity index is 378. The summed E-state index contributed by atoms with van der Waals surface area (Å²) in [5, 5.41) is 3.57. The minimum atomic E-state index is 0.433. The normalized spacial score (nSPS) is 23.1. The van der Waals surface area contributed by atoms with Crippen LogP contribution in [0.15, 0.2) is 24.3 Å². The number of likely N-dealkylation sites (tertiary alicyclic amines) is 1. The van der Waals surface area contributed by atoms with Crippen LogP contribution in [0.1, 0.15) is 25.3 Å². The molecule has 0 amide bonds. The molecule has 2 aliphatic heterocycles. The summed E-state index contributed by atoms with van der Waals surface area (Å²) in [5.74, 6) is 0. The van der Waals surface area contributed by atoms with Crippen molar-refractivity contribution in [3.05, 3.63) is 29.8 Å². The molecule has 1 fully saturated rings. The number of benzene rings is 1. The number of nitrogens with zero attached hydrogens (tertiary/aromatic N) is 1. The van der Waals surface area contributed by atoms with Crippen LogP contribution in [0.5, 0.6) is 0 Å². The van der Waals surface area contributed by atoms with Crippen molar-refractivity contribution in [3.63, 3.8) is 0 Å². The third kappa shape index (κ3) is 1.44. The van der Waals surface area contributed by atoms with Crippen LogP contribution in [-0.2, 0) is 5.41 Å². The number of piperidine rings is 1. The molecular weight excluding hydrogens is 196 g/mol. The van der Waals surface area contributed by atoms with E-state index < -0.39 is 0 Å². The molecule has 0 atom stereocenters. The van der Waals surface area contributed by atoms with E-state index >= 15 is 0 Å². The molecule has 0 saturated carbocycles. The number of anilines is 1. The summed E-state index contributed by atoms with van der Waals surface area (Å²) in [5.41, 5.74) is 3.36. The van der Waals surface area contributed by atoms with E-state index in [-0.39, 0.29) is 0 Å². The van der Waals surface area contributed by atoms with E-state index in [0.717, 1.165) is 6.54 Å². The Morgan fingerprint density at radius 1 is 1.25 bits per heavy atom. The monoisotopic (exact) mass is 216 g/mol. The van der Waals surface area contributed by atoms with E-state index in [4.69, 9.17) is 0 Å². The van der Waals surface area contributed by atoms with Crippen molar-refractivity contribution < 1.29 is 0 Å². The maximum Gasteiger partial charge on any atom is 0.0379 e. The smallest absolute Gasteiger partial charge is 0.0379 e. The van der Waals surface area contributed by atoms with Gasteiger partial charge in [-0.15, -0.1) is 0 Å². The number of para-hydroxylation sites is 1. The van der Waals surface area contributed by atoms with Gasteiger partial charge in [0.25, 0.3) is 0 Å². The van der Waals surface area contributed by atoms with E-state index in [1.807, 2.05) is 0 Å². The molecule has 1 N–H and O–H groups in total. The van der Waals surface area contributed by atoms with Crippen molar-refractivity contribution in [2.45, 2.75) is 25.2 Å². The van der Waals surface area contributed by atoms with Gasteiger partial charge in [0.2, 0.25) is 0 Å². The average Bonchev–Trinajstić information content (AvgIpc) is 2.71. The van der Waals surface area contributed by atoms with Gasteiger partial charge in [-0.1, -0.05) is 25.1 Å². The summed E-state index contributed by atoms with van der Waals surface area (Å²) in [6, 6.07) is 8.85. The van der Waals surface area contributed by atoms with Gasteiger partial charge in [-0.25, -0.2) is 0 Å². The molecule has 2 nitrogen and oxygen atoms in total. The summed E-state index contributed by atoms with van der Waals surface area (Å²) >= 11 is 0. The molecule has 1 aromatic carbocycles. The van der Waals surface area contributed by atoms with Gasteiger partial charge in [0.15, 0.2) is 0 Å². The van der Waals surface area contributed by atoms with Gasteiger partial charge >= 0.3 is 0 Å². The van der Waals surface area contributed by atoms with E-state index in [9.17, 15) is 0 Å². The Labute approximate surface area is 97.6 Å². The number of fused-ring (bicyclic) bond motifs is 2. The summed E-state index contributed by atoms with van der Waals surface area (Å²) in [4.78, 5) is 2.56. The molecule has 0 unspecified atom stereocenters. The van der Waals surface area contributed by atoms with E-state index in [0.29, 0.717) is 5.41 Å². The Hall–Kier alpha value is -1.02. The third-order valence-corrected chi connectivity index (χ3v) is 4.38. The standard InChI is InChI=1S/C14H20N2/c1-2-16-9-7-14(8-10-16)11-15-13-6-4-3-5-12(13)14/h3-6,15H,2,7-11H2,1H3. The molecule has 2 heteroatoms. The molecule has 2 aliphatic rings. The van der Waals surface area contributed by atoms with Crippen molar-refractivity contribution in [2.24, 2.45) is 0 Å². The second-order valence-electron chi connectivity index (χ2n) is 5.11. The first kappa shape index (κ1) is 10.2. The fourth-order valence-electron chi connectivity index (χ4n) is 3.20. The average molecular weight is 216 g/mol. The van der Waals surface area contributed by atoms with Gasteiger partial charge in [-0.2, -0.15) is 0 Å². The predicted molar refractivity (Wildman–Crippen MR) is 68.0 cm³/mol. The molecule has 16 heavy (non-hydrogen) atoms. The molecular formula is C14H20N2. The largest absolute Gasteiger partial charge is 0.384 e. The van der Waals surface area contributed by atoms with Gasteiger partial charge in [-0.3, -0.25) is 0 Å². The SMILES string of the molecule is CCN1CCC2(CC1)CNc1ccccc12. The lowest BCUT2D eigenvalue weighted by atomic mass is 9.74. The molecule has 0 aliphatic carbocycles. The first-order valence-electron chi connectivity index (χ1n) is 6.40. The van der Waals surface area contributed by atoms with Crippen LogP contribution in [0.25, 0.3) is 0 Å². The summed E-state index contributed by atoms with van der Waals surface area (Å²) in [7, 11) is 0. The molecule has 0 aromatic heterocycles. The van der Waals surface area contributed by atoms with Crippen molar-refractivity contribution in [1.82, 2.24) is 4.90 Å². The van der Waals surface area contributed by atoms with Crippen LogP contribution in [0.4, 0.5) is 5.69 Å². The quantitative estimate of drug-likeness (QED) is 0.776. The van der Waals surface area contributed by atoms with Crippen LogP contribution in [-0.4, -0.2) is 31.1 Å². The van der Waals surface area contributed by atoms with Crippen molar-refractivity contribution >= 4 is 5.69 Å². The lowest BCUT2D eigenvalue weighted by molar-refractivity contribution is 0.176. The first-order chi connectivity index (χ1) is 7.84. The fraction of sp³-hybridized carbons (Fsp3) is 0.571. The molecule has 1 aromatic rings. The molecule has 0 bridgehead atoms. The molecule has 1 saturated heterocycles. The van der Waals surface area contributed by atoms with Crippen molar-refractivity contribution in [3.8, 4) is 0 Å². The maximum atomic E-state index is 3.57. The molecule has 1 spiro atoms. The first-order valence-corrected chi connectivity index (χ1v) is 6.40. The highest BCUT2D eigenvalue weighted by atomic mass is 15.1. The highest BCUT2D eigenvalue weighted by Crippen LogP contribution is 2.43. The van der Waals surface area contributed by atoms with E-state index in [2.05, 4.69) is 41.4 Å². The van der Waals surface area contributed by atoms with Crippen LogP contribution < -0.4 is 5.32 Å². The Morgan fingerprint density at radius 3 is 2.75 bits per heavy atom. The highest BCUT2D eigenvalue weighted by Gasteiger charge is 2.40. The molecule has 0 radical (unpaired) electrons. The van der Waals surface area contributed by atoms with Crippen LogP contribution in [0.3, 0.4) is 0 Å². The van der Waals surface area contributed by atoms with Crippen LogP contribution in [0.2, 0.25) is 0 Å². The van der Waals surface area contributed by atoms with E-state index in [1.54, 1.807) is 5.56 Å². The van der Waals surface area contributed by atoms with Gasteiger partial charge in [0.1, 0.15) is 0 Å². The Morgan fingerprint density at radius 2 is 2.00 bits per heavy atom. The number of rotatable bonds is 1. The van der Waals surface area contributed by atoms with E-state index in [1.165, 1.54) is 38.2 Å². The Kier molecular flexibility index (Phi) is 2.40. The van der Waals surface area contributed by atoms with Gasteiger partial charge in [0, 0.05) is 17.6 Å². The number of hydrogen-bond acceptors (Lipinski definition) is 2. The minimum absolute atomic E-state index is 0.433. The second-order valence-corrected chi connectivity index (χ2v) is 5.11. The van der Waals surface area contributed by atoms with Crippen LogP contribution in [0, 0.1) is 0 Å². The zero-order valence-electron chi connectivity index (χ0n) is 10.00. The zero-order valence-corrected chi connectivity index (χ0v) is 10.00. The number of nitrogens with one attached hydrogen (secondary N) is 1. The fourth-order valence-corrected chi connectivity index (χ4v) is 3.20. The molecule has 2 heterocycles. The van der Waals surface area contributed by atoms with Crippen LogP contribution >= 0.6 is 0 Å². The van der Waals surface area contributed by atoms with Gasteiger partial charge < -0.3 is 10.2 Å². The highest BCUT2D eigenvalue weighted by molar-refractivity contribution is 5.60. The second kappa shape index (κ2) is 3.77. The zero-order chi connectivity index (χ0) is 11.0. The van der Waals surface area contributed by atoms with Crippen molar-refractivity contribution in [2.75, 3.05) is 31.5 Å². The van der Waals surface area contributed by atoms with Crippen molar-refractivity contribution in [1.29, 1.82) is 0 Å². The summed E-state index contributed by atoms with van der Waals surface area (Å²) in [6.45, 7) is 7.12. The summed E-state index contributed by atoms with van der Waals surface area (Å²) < 4.78 is 0. The molecule has 3 rings (SSSR count). The van der Waals surface area contributed by atoms with Gasteiger partial charge in [0.05, 0.1) is 0 Å². The minimum Gasteiger partial charge on any atom is -0.384 e. The lowest BCUT2D eigenvalue weighted by Crippen LogP contribution is -2.43. The Balaban J connectivity index is 1.87.